The number of ether oxygens (including phenoxy) is 1. The molecular formula is C20H21N3O2. The van der Waals surface area contributed by atoms with E-state index in [9.17, 15) is 4.79 Å². The summed E-state index contributed by atoms with van der Waals surface area (Å²) in [6, 6.07) is 15.5. The van der Waals surface area contributed by atoms with Crippen molar-refractivity contribution in [3.63, 3.8) is 0 Å². The molecule has 25 heavy (non-hydrogen) atoms. The van der Waals surface area contributed by atoms with Crippen molar-refractivity contribution >= 4 is 17.3 Å². The predicted molar refractivity (Wildman–Crippen MR) is 97.8 cm³/mol. The lowest BCUT2D eigenvalue weighted by Crippen LogP contribution is -2.24. The van der Waals surface area contributed by atoms with Gasteiger partial charge in [0.2, 0.25) is 5.91 Å². The van der Waals surface area contributed by atoms with Crippen LogP contribution in [0.15, 0.2) is 42.5 Å². The molecule has 1 aliphatic rings. The van der Waals surface area contributed by atoms with Crippen LogP contribution in [0, 0.1) is 11.3 Å². The van der Waals surface area contributed by atoms with Crippen LogP contribution in [-0.4, -0.2) is 19.6 Å². The second-order valence-corrected chi connectivity index (χ2v) is 6.14. The van der Waals surface area contributed by atoms with Crippen LogP contribution >= 0.6 is 0 Å². The molecule has 0 saturated carbocycles. The van der Waals surface area contributed by atoms with Gasteiger partial charge in [-0.05, 0) is 49.2 Å². The fourth-order valence-corrected chi connectivity index (χ4v) is 3.07. The van der Waals surface area contributed by atoms with E-state index in [1.54, 1.807) is 12.0 Å². The van der Waals surface area contributed by atoms with Gasteiger partial charge in [0.15, 0.2) is 0 Å². The summed E-state index contributed by atoms with van der Waals surface area (Å²) >= 11 is 0. The number of nitriles is 1. The number of nitrogens with zero attached hydrogens (tertiary/aromatic N) is 2. The first-order valence-electron chi connectivity index (χ1n) is 8.37. The molecule has 5 heteroatoms. The number of carbonyl (C=O) groups is 1. The average Bonchev–Trinajstić information content (AvgIpc) is 3.07. The summed E-state index contributed by atoms with van der Waals surface area (Å²) in [5.41, 5.74) is 3.47. The molecule has 1 saturated heterocycles. The second-order valence-electron chi connectivity index (χ2n) is 6.14. The third-order valence-electron chi connectivity index (χ3n) is 4.47. The zero-order valence-corrected chi connectivity index (χ0v) is 14.5. The minimum Gasteiger partial charge on any atom is -0.495 e. The summed E-state index contributed by atoms with van der Waals surface area (Å²) in [7, 11) is 1.62. The highest BCUT2D eigenvalue weighted by molar-refractivity contribution is 5.97. The zero-order chi connectivity index (χ0) is 17.8. The molecule has 1 unspecified atom stereocenters. The molecule has 1 fully saturated rings. The van der Waals surface area contributed by atoms with Crippen molar-refractivity contribution in [2.45, 2.75) is 25.8 Å². The highest BCUT2D eigenvalue weighted by Crippen LogP contribution is 2.35. The fraction of sp³-hybridized carbons (Fsp3) is 0.300. The third-order valence-corrected chi connectivity index (χ3v) is 4.47. The Balaban J connectivity index is 1.82. The standard InChI is InChI=1S/C20H21N3O2/c1-14(16-7-5-15(13-21)6-8-16)22-17-9-10-19(25-2)18(12-17)23-11-3-4-20(23)24/h5-10,12,14,22H,3-4,11H2,1-2H3. The van der Waals surface area contributed by atoms with Gasteiger partial charge in [0.1, 0.15) is 5.75 Å². The number of methoxy groups -OCH3 is 1. The number of nitrogens with one attached hydrogen (secondary N) is 1. The van der Waals surface area contributed by atoms with Crippen molar-refractivity contribution in [1.29, 1.82) is 5.26 Å². The van der Waals surface area contributed by atoms with Gasteiger partial charge in [-0.1, -0.05) is 12.1 Å². The van der Waals surface area contributed by atoms with Crippen LogP contribution in [0.1, 0.15) is 36.9 Å². The number of anilines is 2. The summed E-state index contributed by atoms with van der Waals surface area (Å²) < 4.78 is 5.42. The third kappa shape index (κ3) is 3.58. The minimum absolute atomic E-state index is 0.0725. The molecule has 1 amide bonds. The quantitative estimate of drug-likeness (QED) is 0.901. The number of hydrogen-bond donors (Lipinski definition) is 1. The highest BCUT2D eigenvalue weighted by Gasteiger charge is 2.24. The van der Waals surface area contributed by atoms with Crippen molar-refractivity contribution in [1.82, 2.24) is 0 Å². The van der Waals surface area contributed by atoms with Crippen molar-refractivity contribution in [2.24, 2.45) is 0 Å². The molecule has 2 aromatic carbocycles. The maximum Gasteiger partial charge on any atom is 0.227 e. The van der Waals surface area contributed by atoms with Gasteiger partial charge in [0.25, 0.3) is 0 Å². The van der Waals surface area contributed by atoms with Crippen LogP contribution < -0.4 is 15.0 Å². The van der Waals surface area contributed by atoms with Gasteiger partial charge in [-0.25, -0.2) is 0 Å². The highest BCUT2D eigenvalue weighted by atomic mass is 16.5. The van der Waals surface area contributed by atoms with Crippen LogP contribution in [0.25, 0.3) is 0 Å². The zero-order valence-electron chi connectivity index (χ0n) is 14.5. The number of benzene rings is 2. The van der Waals surface area contributed by atoms with E-state index in [2.05, 4.69) is 18.3 Å². The Bertz CT molecular complexity index is 809. The molecule has 5 nitrogen and oxygen atoms in total. The Kier molecular flexibility index (Phi) is 4.90. The van der Waals surface area contributed by atoms with Gasteiger partial charge < -0.3 is 15.0 Å². The summed E-state index contributed by atoms with van der Waals surface area (Å²) in [6.45, 7) is 2.79. The van der Waals surface area contributed by atoms with E-state index < -0.39 is 0 Å². The van der Waals surface area contributed by atoms with Crippen LogP contribution in [0.5, 0.6) is 5.75 Å². The van der Waals surface area contributed by atoms with Crippen LogP contribution in [-0.2, 0) is 4.79 Å². The first-order chi connectivity index (χ1) is 12.1. The summed E-state index contributed by atoms with van der Waals surface area (Å²) in [5, 5.41) is 12.3. The van der Waals surface area contributed by atoms with Gasteiger partial charge in [-0.3, -0.25) is 4.79 Å². The largest absolute Gasteiger partial charge is 0.495 e. The van der Waals surface area contributed by atoms with E-state index in [4.69, 9.17) is 10.00 Å². The van der Waals surface area contributed by atoms with E-state index in [1.807, 2.05) is 42.5 Å². The predicted octanol–water partition coefficient (Wildman–Crippen LogP) is 3.87. The van der Waals surface area contributed by atoms with Gasteiger partial charge in [-0.15, -0.1) is 0 Å². The lowest BCUT2D eigenvalue weighted by molar-refractivity contribution is -0.117. The molecule has 3 rings (SSSR count). The summed E-state index contributed by atoms with van der Waals surface area (Å²) in [5.74, 6) is 0.836. The van der Waals surface area contributed by atoms with Gasteiger partial charge in [-0.2, -0.15) is 5.26 Å². The van der Waals surface area contributed by atoms with Crippen LogP contribution in [0.3, 0.4) is 0 Å². The van der Waals surface area contributed by atoms with E-state index in [0.29, 0.717) is 17.7 Å². The molecule has 1 N–H and O–H groups in total. The number of carbonyl (C=O) groups excluding carboxylic acids is 1. The van der Waals surface area contributed by atoms with E-state index in [1.165, 1.54) is 0 Å². The monoisotopic (exact) mass is 335 g/mol. The smallest absolute Gasteiger partial charge is 0.227 e. The van der Waals surface area contributed by atoms with E-state index in [-0.39, 0.29) is 11.9 Å². The van der Waals surface area contributed by atoms with Gasteiger partial charge >= 0.3 is 0 Å². The van der Waals surface area contributed by atoms with E-state index in [0.717, 1.165) is 29.9 Å². The lowest BCUT2D eigenvalue weighted by atomic mass is 10.1. The van der Waals surface area contributed by atoms with Crippen LogP contribution in [0.2, 0.25) is 0 Å². The molecule has 1 aliphatic heterocycles. The number of hydrogen-bond acceptors (Lipinski definition) is 4. The summed E-state index contributed by atoms with van der Waals surface area (Å²) in [4.78, 5) is 13.9. The van der Waals surface area contributed by atoms with Crippen molar-refractivity contribution in [2.75, 3.05) is 23.9 Å². The maximum absolute atomic E-state index is 12.1. The molecular weight excluding hydrogens is 314 g/mol. The first-order valence-corrected chi connectivity index (χ1v) is 8.37. The Morgan fingerprint density at radius 2 is 2.00 bits per heavy atom. The molecule has 0 bridgehead atoms. The molecule has 0 aromatic heterocycles. The molecule has 2 aromatic rings. The summed E-state index contributed by atoms with van der Waals surface area (Å²) in [6.07, 6.45) is 1.46. The normalized spacial score (nSPS) is 14.9. The molecule has 0 radical (unpaired) electrons. The van der Waals surface area contributed by atoms with Gasteiger partial charge in [0, 0.05) is 24.7 Å². The fourth-order valence-electron chi connectivity index (χ4n) is 3.07. The Morgan fingerprint density at radius 3 is 2.60 bits per heavy atom. The van der Waals surface area contributed by atoms with Crippen molar-refractivity contribution < 1.29 is 9.53 Å². The lowest BCUT2D eigenvalue weighted by Gasteiger charge is -2.22. The Labute approximate surface area is 147 Å². The van der Waals surface area contributed by atoms with E-state index >= 15 is 0 Å². The molecule has 1 heterocycles. The molecule has 0 aliphatic carbocycles. The van der Waals surface area contributed by atoms with Crippen LogP contribution in [0.4, 0.5) is 11.4 Å². The molecule has 128 valence electrons. The topological polar surface area (TPSA) is 65.4 Å². The SMILES string of the molecule is COc1ccc(NC(C)c2ccc(C#N)cc2)cc1N1CCCC1=O. The second kappa shape index (κ2) is 7.27. The first kappa shape index (κ1) is 16.8. The Hall–Kier alpha value is -3.00. The Morgan fingerprint density at radius 1 is 1.24 bits per heavy atom. The van der Waals surface area contributed by atoms with Crippen molar-refractivity contribution in [3.05, 3.63) is 53.6 Å². The van der Waals surface area contributed by atoms with Gasteiger partial charge in [0.05, 0.1) is 24.4 Å². The van der Waals surface area contributed by atoms with Crippen molar-refractivity contribution in [3.8, 4) is 11.8 Å². The number of amides is 1. The minimum atomic E-state index is 0.0725. The molecule has 0 spiro atoms. The number of rotatable bonds is 5. The molecule has 1 atom stereocenters. The average molecular weight is 335 g/mol. The maximum atomic E-state index is 12.1.